The van der Waals surface area contributed by atoms with E-state index >= 15 is 0 Å². The minimum Gasteiger partial charge on any atom is -0.465 e. The highest BCUT2D eigenvalue weighted by atomic mass is 35.5. The van der Waals surface area contributed by atoms with Gasteiger partial charge in [0.1, 0.15) is 11.4 Å². The number of methoxy groups -OCH3 is 1. The Morgan fingerprint density at radius 1 is 1.33 bits per heavy atom. The maximum Gasteiger partial charge on any atom is 0.341 e. The highest BCUT2D eigenvalue weighted by molar-refractivity contribution is 6.33. The molecule has 0 atom stereocenters. The van der Waals surface area contributed by atoms with Crippen LogP contribution in [0.1, 0.15) is 10.4 Å². The second-order valence-electron chi connectivity index (χ2n) is 3.61. The van der Waals surface area contributed by atoms with Crippen LogP contribution >= 0.6 is 11.6 Å². The van der Waals surface area contributed by atoms with E-state index in [-0.39, 0.29) is 11.4 Å². The first-order valence-corrected chi connectivity index (χ1v) is 5.61. The Labute approximate surface area is 109 Å². The maximum atomic E-state index is 11.4. The smallest absolute Gasteiger partial charge is 0.341 e. The molecule has 0 radical (unpaired) electrons. The molecular formula is C13H11ClN2O2. The number of halogens is 1. The van der Waals surface area contributed by atoms with E-state index in [2.05, 4.69) is 9.72 Å². The molecule has 1 heterocycles. The fraction of sp³-hybridized carbons (Fsp3) is 0.0769. The number of nitrogens with two attached hydrogens (primary N) is 1. The van der Waals surface area contributed by atoms with E-state index in [0.29, 0.717) is 10.7 Å². The molecule has 0 saturated carbocycles. The van der Waals surface area contributed by atoms with E-state index in [1.807, 2.05) is 30.3 Å². The summed E-state index contributed by atoms with van der Waals surface area (Å²) in [5, 5.41) is 0.357. The van der Waals surface area contributed by atoms with Crippen LogP contribution in [0.4, 0.5) is 5.82 Å². The summed E-state index contributed by atoms with van der Waals surface area (Å²) < 4.78 is 4.60. The Morgan fingerprint density at radius 3 is 2.61 bits per heavy atom. The summed E-state index contributed by atoms with van der Waals surface area (Å²) in [6.45, 7) is 0. The molecule has 18 heavy (non-hydrogen) atoms. The third kappa shape index (κ3) is 2.28. The number of nitrogen functional groups attached to an aromatic ring is 1. The number of esters is 1. The Bertz CT molecular complexity index is 585. The van der Waals surface area contributed by atoms with Crippen LogP contribution in [-0.4, -0.2) is 18.1 Å². The molecule has 0 bridgehead atoms. The first kappa shape index (κ1) is 12.4. The Hall–Kier alpha value is -2.07. The summed E-state index contributed by atoms with van der Waals surface area (Å²) >= 11 is 6.11. The molecular weight excluding hydrogens is 252 g/mol. The van der Waals surface area contributed by atoms with Gasteiger partial charge in [0.15, 0.2) is 0 Å². The average molecular weight is 263 g/mol. The molecule has 2 aromatic rings. The number of pyridine rings is 1. The van der Waals surface area contributed by atoms with Gasteiger partial charge in [-0.2, -0.15) is 0 Å². The predicted octanol–water partition coefficient (Wildman–Crippen LogP) is 2.77. The van der Waals surface area contributed by atoms with Crippen LogP contribution in [0, 0.1) is 0 Å². The lowest BCUT2D eigenvalue weighted by atomic mass is 10.1. The molecule has 1 aromatic carbocycles. The highest BCUT2D eigenvalue weighted by Gasteiger charge is 2.15. The van der Waals surface area contributed by atoms with Gasteiger partial charge in [-0.15, -0.1) is 0 Å². The number of nitrogens with zero attached hydrogens (tertiary/aromatic N) is 1. The number of anilines is 1. The van der Waals surface area contributed by atoms with Crippen LogP contribution in [0.15, 0.2) is 36.4 Å². The lowest BCUT2D eigenvalue weighted by Crippen LogP contribution is -2.08. The molecule has 5 heteroatoms. The molecule has 2 rings (SSSR count). The normalized spacial score (nSPS) is 10.1. The van der Waals surface area contributed by atoms with Crippen molar-refractivity contribution in [1.29, 1.82) is 0 Å². The zero-order valence-electron chi connectivity index (χ0n) is 9.68. The topological polar surface area (TPSA) is 65.2 Å². The zero-order chi connectivity index (χ0) is 13.1. The monoisotopic (exact) mass is 262 g/mol. The molecule has 0 aliphatic rings. The van der Waals surface area contributed by atoms with Crippen molar-refractivity contribution in [2.45, 2.75) is 0 Å². The van der Waals surface area contributed by atoms with Gasteiger partial charge in [-0.1, -0.05) is 41.9 Å². The SMILES string of the molecule is COC(=O)c1cc(Cl)c(-c2ccccc2)nc1N. The van der Waals surface area contributed by atoms with Crippen LogP contribution in [0.5, 0.6) is 0 Å². The quantitative estimate of drug-likeness (QED) is 0.845. The molecule has 0 saturated heterocycles. The molecule has 0 spiro atoms. The number of rotatable bonds is 2. The molecule has 1 aromatic heterocycles. The second kappa shape index (κ2) is 5.06. The highest BCUT2D eigenvalue weighted by Crippen LogP contribution is 2.29. The molecule has 0 unspecified atom stereocenters. The number of ether oxygens (including phenoxy) is 1. The van der Waals surface area contributed by atoms with Crippen LogP contribution in [0.25, 0.3) is 11.3 Å². The average Bonchev–Trinajstić information content (AvgIpc) is 2.41. The Morgan fingerprint density at radius 2 is 2.00 bits per heavy atom. The molecule has 0 aliphatic carbocycles. The summed E-state index contributed by atoms with van der Waals surface area (Å²) in [5.41, 5.74) is 7.28. The van der Waals surface area contributed by atoms with Crippen LogP contribution in [-0.2, 0) is 4.74 Å². The number of hydrogen-bond acceptors (Lipinski definition) is 4. The van der Waals surface area contributed by atoms with E-state index in [1.165, 1.54) is 13.2 Å². The Balaban J connectivity index is 2.53. The van der Waals surface area contributed by atoms with Crippen molar-refractivity contribution >= 4 is 23.4 Å². The van der Waals surface area contributed by atoms with Gasteiger partial charge in [0.05, 0.1) is 17.8 Å². The summed E-state index contributed by atoms with van der Waals surface area (Å²) in [4.78, 5) is 15.6. The minimum absolute atomic E-state index is 0.102. The van der Waals surface area contributed by atoms with Crippen molar-refractivity contribution in [2.75, 3.05) is 12.8 Å². The van der Waals surface area contributed by atoms with Gasteiger partial charge in [0.2, 0.25) is 0 Å². The molecule has 0 amide bonds. The number of carbonyl (C=O) groups excluding carboxylic acids is 1. The maximum absolute atomic E-state index is 11.4. The van der Waals surface area contributed by atoms with Crippen molar-refractivity contribution < 1.29 is 9.53 Å². The number of carbonyl (C=O) groups is 1. The largest absolute Gasteiger partial charge is 0.465 e. The van der Waals surface area contributed by atoms with Gasteiger partial charge < -0.3 is 10.5 Å². The summed E-state index contributed by atoms with van der Waals surface area (Å²) in [5.74, 6) is -0.452. The van der Waals surface area contributed by atoms with Gasteiger partial charge >= 0.3 is 5.97 Å². The van der Waals surface area contributed by atoms with Crippen molar-refractivity contribution in [2.24, 2.45) is 0 Å². The standard InChI is InChI=1S/C13H11ClN2O2/c1-18-13(17)9-7-10(14)11(16-12(9)15)8-5-3-2-4-6-8/h2-7H,1H3,(H2,15,16). The van der Waals surface area contributed by atoms with Gasteiger partial charge in [-0.25, -0.2) is 9.78 Å². The molecule has 2 N–H and O–H groups in total. The zero-order valence-corrected chi connectivity index (χ0v) is 10.4. The van der Waals surface area contributed by atoms with Crippen LogP contribution in [0.3, 0.4) is 0 Å². The molecule has 0 aliphatic heterocycles. The molecule has 92 valence electrons. The van der Waals surface area contributed by atoms with E-state index in [4.69, 9.17) is 17.3 Å². The van der Waals surface area contributed by atoms with E-state index in [9.17, 15) is 4.79 Å². The van der Waals surface area contributed by atoms with E-state index < -0.39 is 5.97 Å². The van der Waals surface area contributed by atoms with Crippen LogP contribution in [0.2, 0.25) is 5.02 Å². The van der Waals surface area contributed by atoms with E-state index in [0.717, 1.165) is 5.56 Å². The lowest BCUT2D eigenvalue weighted by Gasteiger charge is -2.08. The van der Waals surface area contributed by atoms with Gasteiger partial charge in [0.25, 0.3) is 0 Å². The van der Waals surface area contributed by atoms with Crippen molar-refractivity contribution in [3.8, 4) is 11.3 Å². The number of benzene rings is 1. The summed E-state index contributed by atoms with van der Waals surface area (Å²) in [6.07, 6.45) is 0. The third-order valence-electron chi connectivity index (χ3n) is 2.46. The fourth-order valence-corrected chi connectivity index (χ4v) is 1.84. The van der Waals surface area contributed by atoms with Crippen LogP contribution < -0.4 is 5.73 Å². The van der Waals surface area contributed by atoms with E-state index in [1.54, 1.807) is 0 Å². The third-order valence-corrected chi connectivity index (χ3v) is 2.75. The van der Waals surface area contributed by atoms with Crippen molar-refractivity contribution in [3.63, 3.8) is 0 Å². The Kier molecular flexibility index (Phi) is 3.48. The first-order chi connectivity index (χ1) is 8.63. The van der Waals surface area contributed by atoms with Gasteiger partial charge in [-0.05, 0) is 6.07 Å². The number of aromatic nitrogens is 1. The summed E-state index contributed by atoms with van der Waals surface area (Å²) in [7, 11) is 1.28. The number of hydrogen-bond donors (Lipinski definition) is 1. The predicted molar refractivity (Wildman–Crippen MR) is 70.4 cm³/mol. The second-order valence-corrected chi connectivity index (χ2v) is 4.02. The minimum atomic E-state index is -0.554. The molecule has 4 nitrogen and oxygen atoms in total. The van der Waals surface area contributed by atoms with Gasteiger partial charge in [-0.3, -0.25) is 0 Å². The van der Waals surface area contributed by atoms with Crippen molar-refractivity contribution in [1.82, 2.24) is 4.98 Å². The van der Waals surface area contributed by atoms with Crippen molar-refractivity contribution in [3.05, 3.63) is 47.0 Å². The van der Waals surface area contributed by atoms with Gasteiger partial charge in [0, 0.05) is 5.56 Å². The fourth-order valence-electron chi connectivity index (χ4n) is 1.58. The lowest BCUT2D eigenvalue weighted by molar-refractivity contribution is 0.0601. The first-order valence-electron chi connectivity index (χ1n) is 5.23. The summed E-state index contributed by atoms with van der Waals surface area (Å²) in [6, 6.07) is 10.8. The molecule has 0 fully saturated rings.